The number of hydrogen-bond donors (Lipinski definition) is 3. The molecule has 0 saturated carbocycles. The van der Waals surface area contributed by atoms with E-state index in [0.29, 0.717) is 11.0 Å². The van der Waals surface area contributed by atoms with Gasteiger partial charge < -0.3 is 10.0 Å². The predicted octanol–water partition coefficient (Wildman–Crippen LogP) is 1.02. The van der Waals surface area contributed by atoms with Crippen molar-refractivity contribution in [2.75, 3.05) is 0 Å². The van der Waals surface area contributed by atoms with Gasteiger partial charge in [0.2, 0.25) is 0 Å². The first kappa shape index (κ1) is 12.8. The minimum absolute atomic E-state index is 0.0992. The zero-order chi connectivity index (χ0) is 13.0. The average Bonchev–Trinajstić information content (AvgIpc) is 2.40. The molecule has 0 radical (unpaired) electrons. The standard InChI is InChI=1S/C13H13BO4/c15-14(16)13-8-4-7-11(12(13)9-18-17)10-5-2-1-3-6-10/h1-8,15-17H,9H2. The van der Waals surface area contributed by atoms with Gasteiger partial charge in [-0.2, -0.15) is 0 Å². The number of rotatable bonds is 4. The quantitative estimate of drug-likeness (QED) is 0.426. The second-order valence-electron chi connectivity index (χ2n) is 3.89. The minimum Gasteiger partial charge on any atom is -0.423 e. The van der Waals surface area contributed by atoms with Gasteiger partial charge in [-0.3, -0.25) is 5.26 Å². The highest BCUT2D eigenvalue weighted by atomic mass is 17.1. The highest BCUT2D eigenvalue weighted by Crippen LogP contribution is 2.23. The fraction of sp³-hybridized carbons (Fsp3) is 0.0769. The molecule has 0 spiro atoms. The maximum Gasteiger partial charge on any atom is 0.488 e. The lowest BCUT2D eigenvalue weighted by atomic mass is 9.75. The molecular formula is C13H13BO4. The molecule has 0 aliphatic heterocycles. The maximum absolute atomic E-state index is 9.32. The van der Waals surface area contributed by atoms with Crippen LogP contribution in [-0.2, 0) is 11.5 Å². The molecule has 0 aliphatic rings. The minimum atomic E-state index is -1.60. The zero-order valence-electron chi connectivity index (χ0n) is 9.65. The predicted molar refractivity (Wildman–Crippen MR) is 69.1 cm³/mol. The van der Waals surface area contributed by atoms with E-state index in [1.807, 2.05) is 36.4 Å². The number of benzene rings is 2. The van der Waals surface area contributed by atoms with E-state index in [-0.39, 0.29) is 6.61 Å². The highest BCUT2D eigenvalue weighted by molar-refractivity contribution is 6.59. The summed E-state index contributed by atoms with van der Waals surface area (Å²) in [5.74, 6) is 0. The Hall–Kier alpha value is -1.66. The molecular weight excluding hydrogens is 231 g/mol. The second-order valence-corrected chi connectivity index (χ2v) is 3.89. The molecule has 0 saturated heterocycles. The first-order valence-electron chi connectivity index (χ1n) is 5.53. The van der Waals surface area contributed by atoms with Crippen molar-refractivity contribution >= 4 is 12.6 Å². The van der Waals surface area contributed by atoms with Crippen molar-refractivity contribution in [3.05, 3.63) is 54.1 Å². The van der Waals surface area contributed by atoms with Crippen molar-refractivity contribution in [2.24, 2.45) is 0 Å². The molecule has 0 aliphatic carbocycles. The van der Waals surface area contributed by atoms with Crippen molar-refractivity contribution in [3.8, 4) is 11.1 Å². The van der Waals surface area contributed by atoms with Crippen molar-refractivity contribution in [2.45, 2.75) is 6.61 Å². The van der Waals surface area contributed by atoms with E-state index >= 15 is 0 Å². The molecule has 0 atom stereocenters. The van der Waals surface area contributed by atoms with Gasteiger partial charge in [-0.05, 0) is 22.2 Å². The fourth-order valence-electron chi connectivity index (χ4n) is 1.96. The molecule has 2 aromatic carbocycles. The van der Waals surface area contributed by atoms with Crippen LogP contribution >= 0.6 is 0 Å². The molecule has 3 N–H and O–H groups in total. The summed E-state index contributed by atoms with van der Waals surface area (Å²) in [6.45, 7) is -0.0992. The van der Waals surface area contributed by atoms with Crippen LogP contribution in [-0.4, -0.2) is 22.4 Å². The molecule has 5 heteroatoms. The molecule has 18 heavy (non-hydrogen) atoms. The molecule has 0 unspecified atom stereocenters. The lowest BCUT2D eigenvalue weighted by molar-refractivity contribution is -0.252. The van der Waals surface area contributed by atoms with Gasteiger partial charge in [0.1, 0.15) is 6.61 Å². The van der Waals surface area contributed by atoms with Crippen molar-refractivity contribution in [3.63, 3.8) is 0 Å². The highest BCUT2D eigenvalue weighted by Gasteiger charge is 2.19. The summed E-state index contributed by atoms with van der Waals surface area (Å²) in [6.07, 6.45) is 0. The Bertz CT molecular complexity index is 514. The third-order valence-electron chi connectivity index (χ3n) is 2.78. The van der Waals surface area contributed by atoms with Crippen LogP contribution in [0.3, 0.4) is 0 Å². The Labute approximate surface area is 105 Å². The molecule has 0 bridgehead atoms. The fourth-order valence-corrected chi connectivity index (χ4v) is 1.96. The van der Waals surface area contributed by atoms with Gasteiger partial charge in [-0.15, -0.1) is 0 Å². The largest absolute Gasteiger partial charge is 0.488 e. The van der Waals surface area contributed by atoms with Gasteiger partial charge in [-0.1, -0.05) is 48.5 Å². The van der Waals surface area contributed by atoms with Crippen molar-refractivity contribution in [1.82, 2.24) is 0 Å². The van der Waals surface area contributed by atoms with E-state index in [1.54, 1.807) is 12.1 Å². The maximum atomic E-state index is 9.32. The van der Waals surface area contributed by atoms with Gasteiger partial charge >= 0.3 is 7.12 Å². The van der Waals surface area contributed by atoms with E-state index in [0.717, 1.165) is 11.1 Å². The van der Waals surface area contributed by atoms with E-state index in [4.69, 9.17) is 5.26 Å². The molecule has 2 rings (SSSR count). The van der Waals surface area contributed by atoms with Crippen LogP contribution in [0, 0.1) is 0 Å². The lowest BCUT2D eigenvalue weighted by Gasteiger charge is -2.13. The van der Waals surface area contributed by atoms with Gasteiger partial charge in [0.25, 0.3) is 0 Å². The monoisotopic (exact) mass is 244 g/mol. The number of hydrogen-bond acceptors (Lipinski definition) is 4. The molecule has 0 heterocycles. The smallest absolute Gasteiger partial charge is 0.423 e. The normalized spacial score (nSPS) is 10.4. The first-order valence-corrected chi connectivity index (χ1v) is 5.53. The SMILES string of the molecule is OOCc1c(B(O)O)cccc1-c1ccccc1. The van der Waals surface area contributed by atoms with Crippen LogP contribution in [0.2, 0.25) is 0 Å². The first-order chi connectivity index (χ1) is 8.74. The zero-order valence-corrected chi connectivity index (χ0v) is 9.65. The Morgan fingerprint density at radius 2 is 1.67 bits per heavy atom. The van der Waals surface area contributed by atoms with E-state index in [9.17, 15) is 10.0 Å². The molecule has 0 fully saturated rings. The van der Waals surface area contributed by atoms with Crippen LogP contribution in [0.5, 0.6) is 0 Å². The van der Waals surface area contributed by atoms with Gasteiger partial charge in [0.15, 0.2) is 0 Å². The van der Waals surface area contributed by atoms with Gasteiger partial charge in [0, 0.05) is 0 Å². The molecule has 4 nitrogen and oxygen atoms in total. The summed E-state index contributed by atoms with van der Waals surface area (Å²) >= 11 is 0. The van der Waals surface area contributed by atoms with Crippen LogP contribution in [0.25, 0.3) is 11.1 Å². The Morgan fingerprint density at radius 1 is 0.944 bits per heavy atom. The molecule has 0 amide bonds. The van der Waals surface area contributed by atoms with Crippen molar-refractivity contribution in [1.29, 1.82) is 0 Å². The summed E-state index contributed by atoms with van der Waals surface area (Å²) in [6, 6.07) is 14.7. The third-order valence-corrected chi connectivity index (χ3v) is 2.78. The van der Waals surface area contributed by atoms with Gasteiger partial charge in [0.05, 0.1) is 0 Å². The summed E-state index contributed by atoms with van der Waals surface area (Å²) < 4.78 is 0. The summed E-state index contributed by atoms with van der Waals surface area (Å²) in [7, 11) is -1.60. The second kappa shape index (κ2) is 5.79. The third kappa shape index (κ3) is 2.60. The van der Waals surface area contributed by atoms with Crippen LogP contribution in [0.15, 0.2) is 48.5 Å². The van der Waals surface area contributed by atoms with Crippen LogP contribution in [0.4, 0.5) is 0 Å². The molecule has 0 aromatic heterocycles. The Balaban J connectivity index is 2.56. The molecule has 92 valence electrons. The summed E-state index contributed by atoms with van der Waals surface area (Å²) in [5, 5.41) is 27.3. The topological polar surface area (TPSA) is 69.9 Å². The molecule has 2 aromatic rings. The lowest BCUT2D eigenvalue weighted by Crippen LogP contribution is -2.33. The van der Waals surface area contributed by atoms with E-state index < -0.39 is 7.12 Å². The Kier molecular flexibility index (Phi) is 4.12. The summed E-state index contributed by atoms with van der Waals surface area (Å²) in [4.78, 5) is 4.16. The Morgan fingerprint density at radius 3 is 2.28 bits per heavy atom. The van der Waals surface area contributed by atoms with E-state index in [2.05, 4.69) is 4.89 Å². The van der Waals surface area contributed by atoms with Gasteiger partial charge in [-0.25, -0.2) is 4.89 Å². The van der Waals surface area contributed by atoms with Crippen LogP contribution in [0.1, 0.15) is 5.56 Å². The summed E-state index contributed by atoms with van der Waals surface area (Å²) in [5.41, 5.74) is 2.61. The van der Waals surface area contributed by atoms with Crippen LogP contribution < -0.4 is 5.46 Å². The van der Waals surface area contributed by atoms with Crippen molar-refractivity contribution < 1.29 is 20.2 Å². The average molecular weight is 244 g/mol. The van der Waals surface area contributed by atoms with E-state index in [1.165, 1.54) is 0 Å².